The predicted molar refractivity (Wildman–Crippen MR) is 67.3 cm³/mol. The zero-order chi connectivity index (χ0) is 15.3. The Morgan fingerprint density at radius 1 is 1.50 bits per heavy atom. The number of hydrogen-bond acceptors (Lipinski definition) is 7. The number of esters is 1. The number of methoxy groups -OCH3 is 1. The van der Waals surface area contributed by atoms with Gasteiger partial charge in [0, 0.05) is 12.6 Å². The number of likely N-dealkylation sites (N-methyl/N-ethyl adjacent to an activating group) is 1. The number of sulfonamides is 1. The van der Waals surface area contributed by atoms with Crippen LogP contribution in [0.15, 0.2) is 23.2 Å². The molecule has 9 nitrogen and oxygen atoms in total. The molecule has 10 heteroatoms. The molecule has 0 atom stereocenters. The largest absolute Gasteiger partial charge is 0.468 e. The van der Waals surface area contributed by atoms with Crippen molar-refractivity contribution in [2.45, 2.75) is 11.8 Å². The lowest BCUT2D eigenvalue weighted by Crippen LogP contribution is -2.36. The lowest BCUT2D eigenvalue weighted by molar-refractivity contribution is -0.389. The average Bonchev–Trinajstić information content (AvgIpc) is 2.44. The molecule has 0 aliphatic heterocycles. The Balaban J connectivity index is 3.07. The van der Waals surface area contributed by atoms with Crippen LogP contribution in [0.1, 0.15) is 6.92 Å². The topological polar surface area (TPSA) is 120 Å². The number of carbonyl (C=O) groups excluding carboxylic acids is 1. The van der Waals surface area contributed by atoms with Gasteiger partial charge in [0.25, 0.3) is 0 Å². The molecule has 1 aromatic rings. The van der Waals surface area contributed by atoms with E-state index in [9.17, 15) is 23.3 Å². The zero-order valence-electron chi connectivity index (χ0n) is 10.8. The van der Waals surface area contributed by atoms with Crippen LogP contribution in [0.4, 0.5) is 5.82 Å². The molecule has 0 radical (unpaired) electrons. The SMILES string of the molecule is CCN(CC(=O)OC)S(=O)(=O)c1ccc([N+](=O)[O-])nc1. The van der Waals surface area contributed by atoms with Gasteiger partial charge >= 0.3 is 11.8 Å². The molecule has 0 unspecified atom stereocenters. The smallest absolute Gasteiger partial charge is 0.363 e. The van der Waals surface area contributed by atoms with Crippen molar-refractivity contribution in [1.29, 1.82) is 0 Å². The summed E-state index contributed by atoms with van der Waals surface area (Å²) in [6.07, 6.45) is 0.882. The highest BCUT2D eigenvalue weighted by Crippen LogP contribution is 2.17. The fraction of sp³-hybridized carbons (Fsp3) is 0.400. The van der Waals surface area contributed by atoms with E-state index in [-0.39, 0.29) is 11.4 Å². The van der Waals surface area contributed by atoms with Crippen molar-refractivity contribution < 1.29 is 22.9 Å². The van der Waals surface area contributed by atoms with Crippen LogP contribution >= 0.6 is 0 Å². The summed E-state index contributed by atoms with van der Waals surface area (Å²) in [5.74, 6) is -1.16. The van der Waals surface area contributed by atoms with Gasteiger partial charge in [-0.1, -0.05) is 6.92 Å². The summed E-state index contributed by atoms with van der Waals surface area (Å²) in [6, 6.07) is 2.05. The van der Waals surface area contributed by atoms with E-state index in [0.29, 0.717) is 0 Å². The molecule has 20 heavy (non-hydrogen) atoms. The van der Waals surface area contributed by atoms with Crippen molar-refractivity contribution in [2.24, 2.45) is 0 Å². The molecule has 1 heterocycles. The molecule has 0 saturated heterocycles. The Labute approximate surface area is 115 Å². The van der Waals surface area contributed by atoms with Crippen LogP contribution in [0.5, 0.6) is 0 Å². The number of hydrogen-bond donors (Lipinski definition) is 0. The standard InChI is InChI=1S/C10H13N3O6S/c1-3-12(7-10(14)19-2)20(17,18)8-4-5-9(11-6-8)13(15)16/h4-6H,3,7H2,1-2H3. The Bertz CT molecular complexity index is 598. The predicted octanol–water partition coefficient (Wildman–Crippen LogP) is 0.173. The van der Waals surface area contributed by atoms with Gasteiger partial charge in [-0.05, 0) is 16.0 Å². The Kier molecular flexibility index (Phi) is 5.11. The maximum Gasteiger partial charge on any atom is 0.363 e. The van der Waals surface area contributed by atoms with Crippen LogP contribution in [-0.2, 0) is 19.6 Å². The van der Waals surface area contributed by atoms with Gasteiger partial charge in [0.1, 0.15) is 11.4 Å². The first kappa shape index (κ1) is 16.0. The second-order valence-electron chi connectivity index (χ2n) is 3.62. The normalized spacial score (nSPS) is 11.3. The number of rotatable bonds is 6. The summed E-state index contributed by atoms with van der Waals surface area (Å²) in [5.41, 5.74) is 0. The van der Waals surface area contributed by atoms with Gasteiger partial charge in [-0.15, -0.1) is 0 Å². The van der Waals surface area contributed by atoms with Gasteiger partial charge in [-0.3, -0.25) is 4.79 Å². The Hall–Kier alpha value is -2.07. The minimum absolute atomic E-state index is 0.0500. The minimum Gasteiger partial charge on any atom is -0.468 e. The van der Waals surface area contributed by atoms with E-state index >= 15 is 0 Å². The third-order valence-electron chi connectivity index (χ3n) is 2.43. The van der Waals surface area contributed by atoms with Crippen LogP contribution in [0, 0.1) is 10.1 Å². The third-order valence-corrected chi connectivity index (χ3v) is 4.34. The van der Waals surface area contributed by atoms with Crippen molar-refractivity contribution in [3.05, 3.63) is 28.4 Å². The molecule has 110 valence electrons. The summed E-state index contributed by atoms with van der Waals surface area (Å²) < 4.78 is 29.7. The van der Waals surface area contributed by atoms with Crippen LogP contribution in [0.25, 0.3) is 0 Å². The van der Waals surface area contributed by atoms with Crippen molar-refractivity contribution >= 4 is 21.8 Å². The van der Waals surface area contributed by atoms with Gasteiger partial charge in [-0.2, -0.15) is 4.31 Å². The Morgan fingerprint density at radius 2 is 2.15 bits per heavy atom. The highest BCUT2D eigenvalue weighted by molar-refractivity contribution is 7.89. The van der Waals surface area contributed by atoms with Crippen molar-refractivity contribution in [3.8, 4) is 0 Å². The second-order valence-corrected chi connectivity index (χ2v) is 5.55. The molecule has 0 fully saturated rings. The first-order chi connectivity index (χ1) is 9.32. The summed E-state index contributed by atoms with van der Waals surface area (Å²) in [5, 5.41) is 10.5. The van der Waals surface area contributed by atoms with Crippen LogP contribution in [-0.4, -0.2) is 48.8 Å². The second kappa shape index (κ2) is 6.39. The molecular weight excluding hydrogens is 290 g/mol. The van der Waals surface area contributed by atoms with Crippen molar-refractivity contribution in [3.63, 3.8) is 0 Å². The lowest BCUT2D eigenvalue weighted by Gasteiger charge is -2.18. The molecular formula is C10H13N3O6S. The number of pyridine rings is 1. The number of aromatic nitrogens is 1. The molecule has 0 spiro atoms. The fourth-order valence-electron chi connectivity index (χ4n) is 1.36. The molecule has 0 aliphatic rings. The van der Waals surface area contributed by atoms with Crippen LogP contribution in [0.2, 0.25) is 0 Å². The highest BCUT2D eigenvalue weighted by Gasteiger charge is 2.27. The molecule has 0 aromatic carbocycles. The summed E-state index contributed by atoms with van der Waals surface area (Å²) in [4.78, 5) is 24.1. The average molecular weight is 303 g/mol. The molecule has 1 aromatic heterocycles. The first-order valence-corrected chi connectivity index (χ1v) is 6.94. The van der Waals surface area contributed by atoms with E-state index in [1.165, 1.54) is 0 Å². The van der Waals surface area contributed by atoms with E-state index in [4.69, 9.17) is 0 Å². The fourth-order valence-corrected chi connectivity index (χ4v) is 2.70. The van der Waals surface area contributed by atoms with Crippen molar-refractivity contribution in [2.75, 3.05) is 20.2 Å². The van der Waals surface area contributed by atoms with Crippen LogP contribution < -0.4 is 0 Å². The van der Waals surface area contributed by atoms with Crippen LogP contribution in [0.3, 0.4) is 0 Å². The first-order valence-electron chi connectivity index (χ1n) is 5.50. The van der Waals surface area contributed by atoms with Crippen molar-refractivity contribution in [1.82, 2.24) is 9.29 Å². The lowest BCUT2D eigenvalue weighted by atomic mass is 10.5. The third kappa shape index (κ3) is 3.48. The quantitative estimate of drug-likeness (QED) is 0.417. The van der Waals surface area contributed by atoms with Gasteiger partial charge in [-0.25, -0.2) is 8.42 Å². The van der Waals surface area contributed by atoms with E-state index in [2.05, 4.69) is 9.72 Å². The molecule has 0 amide bonds. The molecule has 0 saturated carbocycles. The number of ether oxygens (including phenoxy) is 1. The molecule has 0 aliphatic carbocycles. The molecule has 1 rings (SSSR count). The minimum atomic E-state index is -3.95. The maximum atomic E-state index is 12.2. The number of carbonyl (C=O) groups is 1. The maximum absolute atomic E-state index is 12.2. The van der Waals surface area contributed by atoms with Gasteiger partial charge < -0.3 is 14.9 Å². The molecule has 0 N–H and O–H groups in total. The monoisotopic (exact) mass is 303 g/mol. The Morgan fingerprint density at radius 3 is 2.55 bits per heavy atom. The summed E-state index contributed by atoms with van der Waals surface area (Å²) in [6.45, 7) is 1.17. The van der Waals surface area contributed by atoms with E-state index < -0.39 is 33.3 Å². The number of nitrogens with zero attached hydrogens (tertiary/aromatic N) is 3. The van der Waals surface area contributed by atoms with E-state index in [1.54, 1.807) is 6.92 Å². The summed E-state index contributed by atoms with van der Waals surface area (Å²) >= 11 is 0. The van der Waals surface area contributed by atoms with Gasteiger partial charge in [0.2, 0.25) is 10.0 Å². The van der Waals surface area contributed by atoms with Gasteiger partial charge in [0.15, 0.2) is 6.20 Å². The van der Waals surface area contributed by atoms with Gasteiger partial charge in [0.05, 0.1) is 7.11 Å². The molecule has 0 bridgehead atoms. The van der Waals surface area contributed by atoms with E-state index in [1.807, 2.05) is 0 Å². The van der Waals surface area contributed by atoms with E-state index in [0.717, 1.165) is 29.7 Å². The zero-order valence-corrected chi connectivity index (χ0v) is 11.7. The highest BCUT2D eigenvalue weighted by atomic mass is 32.2. The summed E-state index contributed by atoms with van der Waals surface area (Å²) in [7, 11) is -2.80. The number of nitro groups is 1.